The van der Waals surface area contributed by atoms with Gasteiger partial charge in [-0.15, -0.1) is 0 Å². The summed E-state index contributed by atoms with van der Waals surface area (Å²) in [5.41, 5.74) is 0.703. The highest BCUT2D eigenvalue weighted by atomic mass is 35.5. The van der Waals surface area contributed by atoms with E-state index in [4.69, 9.17) is 21.1 Å². The molecule has 2 rings (SSSR count). The van der Waals surface area contributed by atoms with Crippen LogP contribution in [-0.4, -0.2) is 31.2 Å². The Morgan fingerprint density at radius 1 is 1.15 bits per heavy atom. The van der Waals surface area contributed by atoms with Gasteiger partial charge in [-0.2, -0.15) is 4.98 Å². The zero-order chi connectivity index (χ0) is 14.5. The molecule has 6 nitrogen and oxygen atoms in total. The molecule has 0 saturated carbocycles. The molecular weight excluding hydrogens is 280 g/mol. The Kier molecular flexibility index (Phi) is 4.47. The first-order chi connectivity index (χ1) is 9.67. The SMILES string of the molecule is CNc1nccc(Nc2cc(OC)c(Cl)cc2OC)n1. The van der Waals surface area contributed by atoms with Gasteiger partial charge in [-0.05, 0) is 6.07 Å². The highest BCUT2D eigenvalue weighted by molar-refractivity contribution is 6.32. The van der Waals surface area contributed by atoms with Crippen molar-refractivity contribution in [3.8, 4) is 11.5 Å². The van der Waals surface area contributed by atoms with Gasteiger partial charge in [-0.3, -0.25) is 0 Å². The molecule has 20 heavy (non-hydrogen) atoms. The van der Waals surface area contributed by atoms with Crippen LogP contribution in [0, 0.1) is 0 Å². The van der Waals surface area contributed by atoms with Gasteiger partial charge >= 0.3 is 0 Å². The summed E-state index contributed by atoms with van der Waals surface area (Å²) in [4.78, 5) is 8.33. The number of ether oxygens (including phenoxy) is 2. The summed E-state index contributed by atoms with van der Waals surface area (Å²) in [6, 6.07) is 5.19. The van der Waals surface area contributed by atoms with Crippen LogP contribution in [0.5, 0.6) is 11.5 Å². The lowest BCUT2D eigenvalue weighted by molar-refractivity contribution is 0.405. The zero-order valence-corrected chi connectivity index (χ0v) is 12.2. The van der Waals surface area contributed by atoms with E-state index in [1.807, 2.05) is 0 Å². The first kappa shape index (κ1) is 14.2. The fourth-order valence-electron chi connectivity index (χ4n) is 1.64. The van der Waals surface area contributed by atoms with Gasteiger partial charge < -0.3 is 20.1 Å². The van der Waals surface area contributed by atoms with E-state index in [9.17, 15) is 0 Å². The van der Waals surface area contributed by atoms with Crippen LogP contribution >= 0.6 is 11.6 Å². The van der Waals surface area contributed by atoms with E-state index >= 15 is 0 Å². The van der Waals surface area contributed by atoms with E-state index in [1.54, 1.807) is 45.7 Å². The lowest BCUT2D eigenvalue weighted by Gasteiger charge is -2.13. The molecule has 106 valence electrons. The Balaban J connectivity index is 2.36. The summed E-state index contributed by atoms with van der Waals surface area (Å²) in [5, 5.41) is 6.50. The minimum atomic E-state index is 0.480. The summed E-state index contributed by atoms with van der Waals surface area (Å²) >= 11 is 6.06. The zero-order valence-electron chi connectivity index (χ0n) is 11.4. The molecule has 0 atom stereocenters. The van der Waals surface area contributed by atoms with E-state index in [2.05, 4.69) is 20.6 Å². The number of nitrogens with zero attached hydrogens (tertiary/aromatic N) is 2. The van der Waals surface area contributed by atoms with E-state index in [-0.39, 0.29) is 0 Å². The third kappa shape index (κ3) is 3.03. The molecule has 0 aliphatic carbocycles. The molecule has 1 heterocycles. The van der Waals surface area contributed by atoms with Crippen molar-refractivity contribution >= 4 is 29.1 Å². The molecule has 0 aliphatic heterocycles. The van der Waals surface area contributed by atoms with E-state index in [0.717, 1.165) is 0 Å². The highest BCUT2D eigenvalue weighted by Gasteiger charge is 2.10. The van der Waals surface area contributed by atoms with Gasteiger partial charge in [-0.1, -0.05) is 11.6 Å². The molecule has 0 radical (unpaired) electrons. The monoisotopic (exact) mass is 294 g/mol. The molecule has 2 N–H and O–H groups in total. The van der Waals surface area contributed by atoms with Crippen LogP contribution in [0.3, 0.4) is 0 Å². The highest BCUT2D eigenvalue weighted by Crippen LogP contribution is 2.37. The summed E-state index contributed by atoms with van der Waals surface area (Å²) in [5.74, 6) is 2.31. The van der Waals surface area contributed by atoms with Crippen LogP contribution in [0.1, 0.15) is 0 Å². The molecule has 0 amide bonds. The number of halogens is 1. The summed E-state index contributed by atoms with van der Waals surface area (Å²) in [7, 11) is 4.88. The Bertz CT molecular complexity index is 607. The van der Waals surface area contributed by atoms with Crippen LogP contribution in [0.25, 0.3) is 0 Å². The van der Waals surface area contributed by atoms with Crippen molar-refractivity contribution in [3.63, 3.8) is 0 Å². The van der Waals surface area contributed by atoms with Gasteiger partial charge in [0.2, 0.25) is 5.95 Å². The van der Waals surface area contributed by atoms with Crippen molar-refractivity contribution < 1.29 is 9.47 Å². The largest absolute Gasteiger partial charge is 0.495 e. The van der Waals surface area contributed by atoms with E-state index in [1.165, 1.54) is 0 Å². The number of rotatable bonds is 5. The van der Waals surface area contributed by atoms with Gasteiger partial charge in [0.15, 0.2) is 0 Å². The summed E-state index contributed by atoms with van der Waals surface area (Å²) in [6.07, 6.45) is 1.65. The third-order valence-electron chi connectivity index (χ3n) is 2.62. The maximum atomic E-state index is 6.06. The molecule has 0 bridgehead atoms. The van der Waals surface area contributed by atoms with Crippen molar-refractivity contribution in [2.75, 3.05) is 31.9 Å². The molecule has 1 aromatic carbocycles. The van der Waals surface area contributed by atoms with Gasteiger partial charge in [-0.25, -0.2) is 4.98 Å². The van der Waals surface area contributed by atoms with Gasteiger partial charge in [0, 0.05) is 25.4 Å². The summed E-state index contributed by atoms with van der Waals surface area (Å²) in [6.45, 7) is 0. The standard InChI is InChI=1S/C13H15ClN4O2/c1-15-13-16-5-4-12(18-13)17-9-7-10(19-2)8(14)6-11(9)20-3/h4-7H,1-3H3,(H2,15,16,17,18). The Hall–Kier alpha value is -2.21. The van der Waals surface area contributed by atoms with E-state index < -0.39 is 0 Å². The second kappa shape index (κ2) is 6.29. The van der Waals surface area contributed by atoms with Crippen molar-refractivity contribution in [3.05, 3.63) is 29.4 Å². The third-order valence-corrected chi connectivity index (χ3v) is 2.91. The Morgan fingerprint density at radius 3 is 2.55 bits per heavy atom. The topological polar surface area (TPSA) is 68.3 Å². The lowest BCUT2D eigenvalue weighted by Crippen LogP contribution is -2.01. The van der Waals surface area contributed by atoms with Crippen LogP contribution in [0.15, 0.2) is 24.4 Å². The van der Waals surface area contributed by atoms with Gasteiger partial charge in [0.25, 0.3) is 0 Å². The van der Waals surface area contributed by atoms with Crippen LogP contribution in [0.4, 0.5) is 17.5 Å². The van der Waals surface area contributed by atoms with Crippen LogP contribution < -0.4 is 20.1 Å². The molecule has 0 fully saturated rings. The fourth-order valence-corrected chi connectivity index (χ4v) is 1.88. The van der Waals surface area contributed by atoms with Crippen molar-refractivity contribution in [2.45, 2.75) is 0 Å². The van der Waals surface area contributed by atoms with Crippen molar-refractivity contribution in [2.24, 2.45) is 0 Å². The van der Waals surface area contributed by atoms with Crippen molar-refractivity contribution in [1.29, 1.82) is 0 Å². The first-order valence-electron chi connectivity index (χ1n) is 5.87. The minimum absolute atomic E-state index is 0.480. The maximum Gasteiger partial charge on any atom is 0.224 e. The number of anilines is 3. The van der Waals surface area contributed by atoms with Crippen LogP contribution in [0.2, 0.25) is 5.02 Å². The first-order valence-corrected chi connectivity index (χ1v) is 6.25. The van der Waals surface area contributed by atoms with E-state index in [0.29, 0.717) is 34.0 Å². The number of hydrogen-bond acceptors (Lipinski definition) is 6. The average Bonchev–Trinajstić information content (AvgIpc) is 2.48. The van der Waals surface area contributed by atoms with Crippen molar-refractivity contribution in [1.82, 2.24) is 9.97 Å². The normalized spacial score (nSPS) is 10.0. The predicted octanol–water partition coefficient (Wildman–Crippen LogP) is 2.93. The van der Waals surface area contributed by atoms with Gasteiger partial charge in [0.05, 0.1) is 24.9 Å². The quantitative estimate of drug-likeness (QED) is 0.884. The molecule has 0 spiro atoms. The molecule has 0 unspecified atom stereocenters. The molecule has 2 aromatic rings. The second-order valence-corrected chi connectivity index (χ2v) is 4.23. The maximum absolute atomic E-state index is 6.06. The molecular formula is C13H15ClN4O2. The lowest BCUT2D eigenvalue weighted by atomic mass is 10.2. The molecule has 7 heteroatoms. The number of benzene rings is 1. The number of hydrogen-bond donors (Lipinski definition) is 2. The average molecular weight is 295 g/mol. The Labute approximate surface area is 122 Å². The summed E-state index contributed by atoms with van der Waals surface area (Å²) < 4.78 is 10.5. The fraction of sp³-hybridized carbons (Fsp3) is 0.231. The van der Waals surface area contributed by atoms with Crippen LogP contribution in [-0.2, 0) is 0 Å². The minimum Gasteiger partial charge on any atom is -0.495 e. The number of methoxy groups -OCH3 is 2. The number of aromatic nitrogens is 2. The predicted molar refractivity (Wildman–Crippen MR) is 79.4 cm³/mol. The second-order valence-electron chi connectivity index (χ2n) is 3.83. The molecule has 0 aliphatic rings. The number of nitrogens with one attached hydrogen (secondary N) is 2. The Morgan fingerprint density at radius 2 is 1.90 bits per heavy atom. The van der Waals surface area contributed by atoms with Gasteiger partial charge in [0.1, 0.15) is 17.3 Å². The smallest absolute Gasteiger partial charge is 0.224 e. The molecule has 0 saturated heterocycles. The molecule has 1 aromatic heterocycles.